The summed E-state index contributed by atoms with van der Waals surface area (Å²) >= 11 is 0. The van der Waals surface area contributed by atoms with Gasteiger partial charge in [-0.25, -0.2) is 0 Å². The summed E-state index contributed by atoms with van der Waals surface area (Å²) in [5, 5.41) is 0. The van der Waals surface area contributed by atoms with Gasteiger partial charge in [-0.1, -0.05) is 34.1 Å². The molecule has 0 amide bonds. The highest BCUT2D eigenvalue weighted by Crippen LogP contribution is 2.64. The highest BCUT2D eigenvalue weighted by molar-refractivity contribution is 7.85. The number of ether oxygens (including phenoxy) is 2. The van der Waals surface area contributed by atoms with Gasteiger partial charge in [0.1, 0.15) is 11.4 Å². The molecule has 0 aromatic rings. The molecule has 0 saturated heterocycles. The van der Waals surface area contributed by atoms with E-state index in [1.54, 1.807) is 0 Å². The van der Waals surface area contributed by atoms with Crippen LogP contribution in [0.2, 0.25) is 0 Å². The normalized spacial score (nSPS) is 33.2. The van der Waals surface area contributed by atoms with Crippen LogP contribution in [0.1, 0.15) is 86.0 Å². The number of carbonyl (C=O) groups is 2. The van der Waals surface area contributed by atoms with Crippen molar-refractivity contribution in [3.8, 4) is 0 Å². The van der Waals surface area contributed by atoms with Crippen molar-refractivity contribution in [1.82, 2.24) is 0 Å². The van der Waals surface area contributed by atoms with Gasteiger partial charge in [-0.15, -0.1) is 0 Å². The van der Waals surface area contributed by atoms with E-state index in [0.29, 0.717) is 32.1 Å². The van der Waals surface area contributed by atoms with Gasteiger partial charge in [-0.05, 0) is 62.7 Å². The lowest BCUT2D eigenvalue weighted by Gasteiger charge is -2.60. The van der Waals surface area contributed by atoms with E-state index in [2.05, 4.69) is 0 Å². The molecule has 202 valence electrons. The molecule has 0 radical (unpaired) electrons. The molecule has 4 saturated carbocycles. The average molecular weight is 527 g/mol. The summed E-state index contributed by atoms with van der Waals surface area (Å²) < 4.78 is 82.4. The minimum absolute atomic E-state index is 0.00502. The van der Waals surface area contributed by atoms with Crippen molar-refractivity contribution in [2.75, 3.05) is 5.75 Å². The van der Waals surface area contributed by atoms with Crippen molar-refractivity contribution in [2.24, 2.45) is 28.1 Å². The maximum atomic E-state index is 13.5. The quantitative estimate of drug-likeness (QED) is 0.347. The number of alkyl halides is 3. The smallest absolute Gasteiger partial charge is 0.426 e. The molecule has 4 fully saturated rings. The minimum Gasteiger partial charge on any atom is -0.459 e. The van der Waals surface area contributed by atoms with E-state index >= 15 is 0 Å². The molecular weight excluding hydrogens is 489 g/mol. The molecule has 11 heteroatoms. The fourth-order valence-electron chi connectivity index (χ4n) is 6.77. The first-order chi connectivity index (χ1) is 15.7. The van der Waals surface area contributed by atoms with Crippen LogP contribution in [-0.4, -0.2) is 48.5 Å². The van der Waals surface area contributed by atoms with Gasteiger partial charge in [0.05, 0.1) is 10.8 Å². The highest BCUT2D eigenvalue weighted by Gasteiger charge is 2.64. The number of hydrogen-bond acceptors (Lipinski definition) is 6. The molecule has 4 bridgehead atoms. The van der Waals surface area contributed by atoms with Crippen molar-refractivity contribution in [1.29, 1.82) is 0 Å². The fraction of sp³-hybridized carbons (Fsp3) is 0.917. The Morgan fingerprint density at radius 3 is 2.03 bits per heavy atom. The summed E-state index contributed by atoms with van der Waals surface area (Å²) in [5.74, 6) is -3.27. The van der Waals surface area contributed by atoms with E-state index in [1.165, 1.54) is 0 Å². The van der Waals surface area contributed by atoms with Gasteiger partial charge < -0.3 is 9.47 Å². The van der Waals surface area contributed by atoms with Gasteiger partial charge in [0.25, 0.3) is 10.1 Å². The Bertz CT molecular complexity index is 939. The second-order valence-corrected chi connectivity index (χ2v) is 13.8. The van der Waals surface area contributed by atoms with E-state index in [9.17, 15) is 31.2 Å². The summed E-state index contributed by atoms with van der Waals surface area (Å²) in [4.78, 5) is 26.7. The van der Waals surface area contributed by atoms with Gasteiger partial charge in [0.15, 0.2) is 0 Å². The summed E-state index contributed by atoms with van der Waals surface area (Å²) in [6.45, 7) is 9.75. The Morgan fingerprint density at radius 1 is 1.06 bits per heavy atom. The van der Waals surface area contributed by atoms with Crippen molar-refractivity contribution in [3.63, 3.8) is 0 Å². The first kappa shape index (κ1) is 28.2. The minimum atomic E-state index is -5.16. The monoisotopic (exact) mass is 526 g/mol. The first-order valence-corrected chi connectivity index (χ1v) is 13.8. The van der Waals surface area contributed by atoms with Crippen molar-refractivity contribution >= 4 is 22.1 Å². The standard InChI is InChI=1S/C24H37F3O7S/c1-6-7-21(5,20(2,3)4)18(28)34-23-11-15-8-16(12-23)10-22(9-15,14-23)19(29)33-17(24(25,26)27)13-35(30,31)32/h15-17H,6-14H2,1-5H3,(H,30,31,32). The molecule has 0 aliphatic heterocycles. The lowest BCUT2D eigenvalue weighted by molar-refractivity contribution is -0.240. The average Bonchev–Trinajstić information content (AvgIpc) is 2.63. The van der Waals surface area contributed by atoms with Crippen molar-refractivity contribution in [3.05, 3.63) is 0 Å². The van der Waals surface area contributed by atoms with Crippen LogP contribution in [0, 0.1) is 28.1 Å². The summed E-state index contributed by atoms with van der Waals surface area (Å²) in [5.41, 5.74) is -3.42. The van der Waals surface area contributed by atoms with Crippen molar-refractivity contribution in [2.45, 2.75) is 104 Å². The lowest BCUT2D eigenvalue weighted by atomic mass is 9.47. The number of halogens is 3. The Labute approximate surface area is 205 Å². The van der Waals surface area contributed by atoms with Crippen LogP contribution in [0.5, 0.6) is 0 Å². The van der Waals surface area contributed by atoms with Gasteiger partial charge >= 0.3 is 18.1 Å². The zero-order valence-corrected chi connectivity index (χ0v) is 21.9. The van der Waals surface area contributed by atoms with Crippen LogP contribution >= 0.6 is 0 Å². The molecular formula is C24H37F3O7S. The molecule has 4 aliphatic carbocycles. The van der Waals surface area contributed by atoms with Gasteiger partial charge in [0.2, 0.25) is 6.10 Å². The molecule has 0 aromatic carbocycles. The van der Waals surface area contributed by atoms with Crippen LogP contribution in [0.4, 0.5) is 13.2 Å². The van der Waals surface area contributed by atoms with Crippen LogP contribution in [0.15, 0.2) is 0 Å². The lowest BCUT2D eigenvalue weighted by Crippen LogP contribution is -2.61. The zero-order valence-electron chi connectivity index (χ0n) is 21.0. The Hall–Kier alpha value is -1.36. The van der Waals surface area contributed by atoms with Crippen molar-refractivity contribution < 1.29 is 45.2 Å². The molecule has 0 aromatic heterocycles. The molecule has 4 atom stereocenters. The summed E-state index contributed by atoms with van der Waals surface area (Å²) in [7, 11) is -5.04. The van der Waals surface area contributed by atoms with Gasteiger partial charge in [0, 0.05) is 6.42 Å². The number of esters is 2. The zero-order chi connectivity index (χ0) is 26.7. The number of carbonyl (C=O) groups excluding carboxylic acids is 2. The van der Waals surface area contributed by atoms with Crippen LogP contribution in [0.3, 0.4) is 0 Å². The molecule has 1 N–H and O–H groups in total. The fourth-order valence-corrected chi connectivity index (χ4v) is 7.41. The third kappa shape index (κ3) is 5.65. The summed E-state index contributed by atoms with van der Waals surface area (Å²) in [6, 6.07) is 0. The maximum absolute atomic E-state index is 13.5. The first-order valence-electron chi connectivity index (χ1n) is 12.2. The predicted molar refractivity (Wildman–Crippen MR) is 121 cm³/mol. The third-order valence-corrected chi connectivity index (χ3v) is 9.31. The number of hydrogen-bond donors (Lipinski definition) is 1. The second kappa shape index (κ2) is 8.89. The Balaban J connectivity index is 1.87. The number of rotatable bonds is 8. The Kier molecular flexibility index (Phi) is 7.16. The molecule has 7 nitrogen and oxygen atoms in total. The molecule has 35 heavy (non-hydrogen) atoms. The van der Waals surface area contributed by atoms with Gasteiger partial charge in [-0.3, -0.25) is 14.1 Å². The van der Waals surface area contributed by atoms with E-state index < -0.39 is 56.0 Å². The van der Waals surface area contributed by atoms with Crippen LogP contribution in [-0.2, 0) is 29.2 Å². The molecule has 4 unspecified atom stereocenters. The van der Waals surface area contributed by atoms with Crippen LogP contribution in [0.25, 0.3) is 0 Å². The molecule has 0 spiro atoms. The SMILES string of the molecule is CCCC(C)(C(=O)OC12CC3CC(C1)CC(C(=O)OC(CS(=O)(=O)O)C(F)(F)F)(C3)C2)C(C)(C)C. The highest BCUT2D eigenvalue weighted by atomic mass is 32.2. The van der Waals surface area contributed by atoms with Crippen LogP contribution < -0.4 is 0 Å². The van der Waals surface area contributed by atoms with E-state index in [4.69, 9.17) is 14.0 Å². The van der Waals surface area contributed by atoms with Gasteiger partial charge in [-0.2, -0.15) is 21.6 Å². The maximum Gasteiger partial charge on any atom is 0.426 e. The second-order valence-electron chi connectivity index (χ2n) is 12.3. The van der Waals surface area contributed by atoms with E-state index in [1.807, 2.05) is 34.6 Å². The molecule has 0 heterocycles. The predicted octanol–water partition coefficient (Wildman–Crippen LogP) is 5.08. The summed E-state index contributed by atoms with van der Waals surface area (Å²) in [6.07, 6.45) is -4.19. The Morgan fingerprint density at radius 2 is 1.60 bits per heavy atom. The van der Waals surface area contributed by atoms with E-state index in [0.717, 1.165) is 12.8 Å². The third-order valence-electron chi connectivity index (χ3n) is 8.58. The topological polar surface area (TPSA) is 107 Å². The largest absolute Gasteiger partial charge is 0.459 e. The van der Waals surface area contributed by atoms with E-state index in [-0.39, 0.29) is 24.2 Å². The molecule has 4 rings (SSSR count). The molecule has 4 aliphatic rings.